The first-order valence-corrected chi connectivity index (χ1v) is 7.74. The largest absolute Gasteiger partial charge is 0.439 e. The second kappa shape index (κ2) is 7.12. The van der Waals surface area contributed by atoms with Gasteiger partial charge in [-0.25, -0.2) is 4.98 Å². The molecule has 0 aliphatic carbocycles. The number of nitrogen functional groups attached to an aromatic ring is 1. The smallest absolute Gasteiger partial charge is 0.219 e. The molecule has 2 rings (SSSR count). The van der Waals surface area contributed by atoms with E-state index in [1.807, 2.05) is 18.2 Å². The zero-order valence-corrected chi connectivity index (χ0v) is 13.4. The van der Waals surface area contributed by atoms with Crippen LogP contribution >= 0.6 is 0 Å². The highest BCUT2D eigenvalue weighted by molar-refractivity contribution is 5.38. The van der Waals surface area contributed by atoms with Gasteiger partial charge in [-0.1, -0.05) is 32.1 Å². The number of nitrogens with two attached hydrogens (primary N) is 1. The van der Waals surface area contributed by atoms with Crippen molar-refractivity contribution >= 4 is 5.69 Å². The summed E-state index contributed by atoms with van der Waals surface area (Å²) in [6, 6.07) is 11.8. The number of allylic oxidation sites excluding steroid dienone is 1. The number of pyridine rings is 1. The molecule has 1 aromatic carbocycles. The molecule has 0 saturated heterocycles. The van der Waals surface area contributed by atoms with Crippen molar-refractivity contribution in [1.29, 1.82) is 0 Å². The normalized spacial score (nSPS) is 11.2. The second-order valence-electron chi connectivity index (χ2n) is 5.54. The minimum atomic E-state index is 0.166. The van der Waals surface area contributed by atoms with E-state index in [2.05, 4.69) is 37.5 Å². The molecule has 0 amide bonds. The lowest BCUT2D eigenvalue weighted by atomic mass is 9.73. The Hall–Kier alpha value is -2.29. The van der Waals surface area contributed by atoms with E-state index >= 15 is 0 Å². The third-order valence-electron chi connectivity index (χ3n) is 4.34. The summed E-state index contributed by atoms with van der Waals surface area (Å²) in [6.07, 6.45) is 6.77. The molecule has 2 aromatic rings. The van der Waals surface area contributed by atoms with Crippen molar-refractivity contribution < 1.29 is 4.74 Å². The molecular weight excluding hydrogens is 272 g/mol. The van der Waals surface area contributed by atoms with Crippen molar-refractivity contribution in [3.05, 3.63) is 60.8 Å². The molecule has 0 fully saturated rings. The van der Waals surface area contributed by atoms with E-state index in [0.29, 0.717) is 11.6 Å². The summed E-state index contributed by atoms with van der Waals surface area (Å²) in [6.45, 7) is 8.37. The van der Waals surface area contributed by atoms with Crippen LogP contribution in [0.3, 0.4) is 0 Å². The van der Waals surface area contributed by atoms with Crippen molar-refractivity contribution in [2.45, 2.75) is 38.5 Å². The van der Waals surface area contributed by atoms with Gasteiger partial charge in [0.2, 0.25) is 5.88 Å². The number of nitrogens with zero attached hydrogens (tertiary/aromatic N) is 1. The van der Waals surface area contributed by atoms with Gasteiger partial charge in [0.1, 0.15) is 5.75 Å². The highest BCUT2D eigenvalue weighted by atomic mass is 16.5. The van der Waals surface area contributed by atoms with Crippen molar-refractivity contribution in [1.82, 2.24) is 4.98 Å². The van der Waals surface area contributed by atoms with Crippen LogP contribution in [0.25, 0.3) is 0 Å². The van der Waals surface area contributed by atoms with Crippen LogP contribution < -0.4 is 10.5 Å². The zero-order chi connectivity index (χ0) is 16.0. The van der Waals surface area contributed by atoms with Crippen LogP contribution in [0.15, 0.2) is 55.3 Å². The molecule has 0 spiro atoms. The van der Waals surface area contributed by atoms with Crippen molar-refractivity contribution in [2.75, 3.05) is 5.73 Å². The predicted octanol–water partition coefficient (Wildman–Crippen LogP) is 5.09. The second-order valence-corrected chi connectivity index (χ2v) is 5.54. The Kier molecular flexibility index (Phi) is 5.21. The van der Waals surface area contributed by atoms with Gasteiger partial charge < -0.3 is 10.5 Å². The van der Waals surface area contributed by atoms with Gasteiger partial charge in [0, 0.05) is 6.07 Å². The number of benzene rings is 1. The minimum absolute atomic E-state index is 0.166. The number of rotatable bonds is 7. The number of hydrogen-bond donors (Lipinski definition) is 1. The van der Waals surface area contributed by atoms with Gasteiger partial charge in [0.05, 0.1) is 11.9 Å². The molecular formula is C19H24N2O. The summed E-state index contributed by atoms with van der Waals surface area (Å²) in [5, 5.41) is 0. The number of aromatic nitrogens is 1. The van der Waals surface area contributed by atoms with E-state index in [-0.39, 0.29) is 5.41 Å². The van der Waals surface area contributed by atoms with Crippen LogP contribution in [0.2, 0.25) is 0 Å². The first-order valence-electron chi connectivity index (χ1n) is 7.74. The first-order chi connectivity index (χ1) is 10.6. The summed E-state index contributed by atoms with van der Waals surface area (Å²) >= 11 is 0. The van der Waals surface area contributed by atoms with Gasteiger partial charge in [0.25, 0.3) is 0 Å². The van der Waals surface area contributed by atoms with Gasteiger partial charge in [-0.3, -0.25) is 0 Å². The molecule has 0 saturated carbocycles. The average Bonchev–Trinajstić information content (AvgIpc) is 2.56. The molecule has 3 nitrogen and oxygen atoms in total. The molecule has 2 N–H and O–H groups in total. The van der Waals surface area contributed by atoms with E-state index in [9.17, 15) is 0 Å². The van der Waals surface area contributed by atoms with Crippen LogP contribution in [0, 0.1) is 0 Å². The fourth-order valence-corrected chi connectivity index (χ4v) is 2.79. The monoisotopic (exact) mass is 296 g/mol. The van der Waals surface area contributed by atoms with Crippen LogP contribution in [0.4, 0.5) is 5.69 Å². The topological polar surface area (TPSA) is 48.1 Å². The molecule has 0 unspecified atom stereocenters. The van der Waals surface area contributed by atoms with Crippen LogP contribution in [-0.2, 0) is 5.41 Å². The Morgan fingerprint density at radius 1 is 1.14 bits per heavy atom. The van der Waals surface area contributed by atoms with E-state index < -0.39 is 0 Å². The molecule has 1 aromatic heterocycles. The lowest BCUT2D eigenvalue weighted by molar-refractivity contribution is 0.399. The molecule has 0 bridgehead atoms. The highest BCUT2D eigenvalue weighted by Gasteiger charge is 2.26. The van der Waals surface area contributed by atoms with Crippen molar-refractivity contribution in [2.24, 2.45) is 0 Å². The Bertz CT molecular complexity index is 598. The van der Waals surface area contributed by atoms with E-state index in [1.165, 1.54) is 5.56 Å². The standard InChI is InChI=1S/C19H24N2O/c1-4-13-19(5-2,6-3)15-7-10-17(11-8-15)22-18-12-9-16(20)14-21-18/h4,7-12,14H,1,5-6,13,20H2,2-3H3. The van der Waals surface area contributed by atoms with Crippen molar-refractivity contribution in [3.63, 3.8) is 0 Å². The molecule has 116 valence electrons. The Morgan fingerprint density at radius 2 is 1.82 bits per heavy atom. The highest BCUT2D eigenvalue weighted by Crippen LogP contribution is 2.36. The van der Waals surface area contributed by atoms with Gasteiger partial charge in [-0.2, -0.15) is 0 Å². The maximum absolute atomic E-state index is 5.74. The van der Waals surface area contributed by atoms with Crippen molar-refractivity contribution in [3.8, 4) is 11.6 Å². The number of anilines is 1. The molecule has 0 radical (unpaired) electrons. The maximum atomic E-state index is 5.74. The quantitative estimate of drug-likeness (QED) is 0.724. The van der Waals surface area contributed by atoms with E-state index in [4.69, 9.17) is 10.5 Å². The predicted molar refractivity (Wildman–Crippen MR) is 92.2 cm³/mol. The fraction of sp³-hybridized carbons (Fsp3) is 0.316. The molecule has 1 heterocycles. The summed E-state index contributed by atoms with van der Waals surface area (Å²) in [5.74, 6) is 1.33. The van der Waals surface area contributed by atoms with Gasteiger partial charge in [-0.05, 0) is 48.4 Å². The maximum Gasteiger partial charge on any atom is 0.219 e. The minimum Gasteiger partial charge on any atom is -0.439 e. The molecule has 0 aliphatic heterocycles. The third-order valence-corrected chi connectivity index (χ3v) is 4.34. The SMILES string of the molecule is C=CCC(CC)(CC)c1ccc(Oc2ccc(N)cn2)cc1. The summed E-state index contributed by atoms with van der Waals surface area (Å²) in [4.78, 5) is 4.15. The molecule has 0 atom stereocenters. The molecule has 22 heavy (non-hydrogen) atoms. The molecule has 3 heteroatoms. The first kappa shape index (κ1) is 16.1. The van der Waals surface area contributed by atoms with Gasteiger partial charge >= 0.3 is 0 Å². The lowest BCUT2D eigenvalue weighted by Gasteiger charge is -2.31. The van der Waals surface area contributed by atoms with Crippen LogP contribution in [0.1, 0.15) is 38.7 Å². The molecule has 0 aliphatic rings. The fourth-order valence-electron chi connectivity index (χ4n) is 2.79. The summed E-state index contributed by atoms with van der Waals surface area (Å²) in [7, 11) is 0. The van der Waals surface area contributed by atoms with E-state index in [0.717, 1.165) is 25.0 Å². The lowest BCUT2D eigenvalue weighted by Crippen LogP contribution is -2.23. The number of hydrogen-bond acceptors (Lipinski definition) is 3. The van der Waals surface area contributed by atoms with Crippen LogP contribution in [0.5, 0.6) is 11.6 Å². The average molecular weight is 296 g/mol. The Labute approximate surface area is 132 Å². The van der Waals surface area contributed by atoms with Gasteiger partial charge in [-0.15, -0.1) is 6.58 Å². The van der Waals surface area contributed by atoms with Gasteiger partial charge in [0.15, 0.2) is 0 Å². The summed E-state index contributed by atoms with van der Waals surface area (Å²) in [5.41, 5.74) is 7.74. The number of ether oxygens (including phenoxy) is 1. The summed E-state index contributed by atoms with van der Waals surface area (Å²) < 4.78 is 5.74. The van der Waals surface area contributed by atoms with E-state index in [1.54, 1.807) is 18.3 Å². The third kappa shape index (κ3) is 3.48. The van der Waals surface area contributed by atoms with Crippen LogP contribution in [-0.4, -0.2) is 4.98 Å². The Balaban J connectivity index is 2.18. The Morgan fingerprint density at radius 3 is 2.32 bits per heavy atom. The zero-order valence-electron chi connectivity index (χ0n) is 13.4.